The van der Waals surface area contributed by atoms with Crippen molar-refractivity contribution in [2.24, 2.45) is 0 Å². The predicted octanol–water partition coefficient (Wildman–Crippen LogP) is 3.47. The molecule has 4 aromatic rings. The molecule has 36 heavy (non-hydrogen) atoms. The number of benzene rings is 2. The summed E-state index contributed by atoms with van der Waals surface area (Å²) in [6, 6.07) is 12.0. The van der Waals surface area contributed by atoms with Crippen molar-refractivity contribution in [2.75, 3.05) is 11.9 Å². The highest BCUT2D eigenvalue weighted by Crippen LogP contribution is 2.26. The maximum absolute atomic E-state index is 13.6. The van der Waals surface area contributed by atoms with E-state index in [1.807, 2.05) is 24.3 Å². The Bertz CT molecular complexity index is 1520. The Morgan fingerprint density at radius 3 is 2.78 bits per heavy atom. The van der Waals surface area contributed by atoms with Crippen molar-refractivity contribution in [1.29, 1.82) is 0 Å². The van der Waals surface area contributed by atoms with Gasteiger partial charge in [0.2, 0.25) is 10.0 Å². The highest BCUT2D eigenvalue weighted by molar-refractivity contribution is 7.90. The van der Waals surface area contributed by atoms with E-state index in [0.717, 1.165) is 33.3 Å². The van der Waals surface area contributed by atoms with Crippen LogP contribution in [0.15, 0.2) is 48.7 Å². The zero-order valence-electron chi connectivity index (χ0n) is 20.0. The molecule has 0 atom stereocenters. The number of fused-ring (bicyclic) bond motifs is 2. The summed E-state index contributed by atoms with van der Waals surface area (Å²) in [7, 11) is -3.41. The van der Waals surface area contributed by atoms with Crippen LogP contribution in [-0.4, -0.2) is 40.0 Å². The molecule has 188 valence electrons. The second-order valence-electron chi connectivity index (χ2n) is 8.90. The van der Waals surface area contributed by atoms with Crippen LogP contribution in [0.1, 0.15) is 36.2 Å². The molecule has 0 radical (unpaired) electrons. The smallest absolute Gasteiger partial charge is 0.253 e. The van der Waals surface area contributed by atoms with Crippen molar-refractivity contribution in [3.63, 3.8) is 0 Å². The third-order valence-corrected chi connectivity index (χ3v) is 7.93. The van der Waals surface area contributed by atoms with Crippen LogP contribution in [0.5, 0.6) is 0 Å². The van der Waals surface area contributed by atoms with Gasteiger partial charge in [-0.3, -0.25) is 0 Å². The Hall–Kier alpha value is -3.41. The van der Waals surface area contributed by atoms with Gasteiger partial charge in [-0.2, -0.15) is 14.8 Å². The lowest BCUT2D eigenvalue weighted by Gasteiger charge is -2.20. The van der Waals surface area contributed by atoms with E-state index in [1.165, 1.54) is 12.1 Å². The van der Waals surface area contributed by atoms with Crippen LogP contribution in [-0.2, 0) is 40.9 Å². The highest BCUT2D eigenvalue weighted by Gasteiger charge is 2.21. The fraction of sp³-hybridized carbons (Fsp3) is 0.320. The number of aromatic nitrogens is 4. The van der Waals surface area contributed by atoms with Crippen molar-refractivity contribution < 1.29 is 17.5 Å². The summed E-state index contributed by atoms with van der Waals surface area (Å²) in [5, 5.41) is 8.13. The number of ether oxygens (including phenoxy) is 1. The summed E-state index contributed by atoms with van der Waals surface area (Å²) in [6.45, 7) is 4.77. The first-order chi connectivity index (χ1) is 17.3. The Morgan fingerprint density at radius 1 is 1.14 bits per heavy atom. The molecule has 0 saturated heterocycles. The fourth-order valence-corrected chi connectivity index (χ4v) is 4.78. The van der Waals surface area contributed by atoms with E-state index >= 15 is 0 Å². The van der Waals surface area contributed by atoms with Gasteiger partial charge in [-0.05, 0) is 43.2 Å². The molecule has 0 fully saturated rings. The molecular weight excluding hydrogens is 483 g/mol. The third-order valence-electron chi connectivity index (χ3n) is 6.14. The normalized spacial score (nSPS) is 13.8. The quantitative estimate of drug-likeness (QED) is 0.373. The lowest BCUT2D eigenvalue weighted by molar-refractivity contribution is 0.107. The average molecular weight is 511 g/mol. The SMILES string of the molecule is CC(C)S(=O)(=O)NCc1cccc2c1cnn2-c1nc2c(c(NCc3cccc(F)c3)n1)CCOC2. The van der Waals surface area contributed by atoms with Crippen LogP contribution in [0.25, 0.3) is 16.9 Å². The number of anilines is 1. The van der Waals surface area contributed by atoms with Crippen molar-refractivity contribution >= 4 is 26.7 Å². The summed E-state index contributed by atoms with van der Waals surface area (Å²) >= 11 is 0. The van der Waals surface area contributed by atoms with Gasteiger partial charge in [0.15, 0.2) is 0 Å². The highest BCUT2D eigenvalue weighted by atomic mass is 32.2. The van der Waals surface area contributed by atoms with Crippen molar-refractivity contribution in [3.8, 4) is 5.95 Å². The third kappa shape index (κ3) is 4.95. The fourth-order valence-electron chi connectivity index (χ4n) is 4.09. The molecule has 5 rings (SSSR count). The molecule has 0 bridgehead atoms. The first-order valence-corrected chi connectivity index (χ1v) is 13.3. The second-order valence-corrected chi connectivity index (χ2v) is 11.2. The van der Waals surface area contributed by atoms with Gasteiger partial charge in [-0.25, -0.2) is 22.5 Å². The average Bonchev–Trinajstić information content (AvgIpc) is 3.31. The first-order valence-electron chi connectivity index (χ1n) is 11.7. The predicted molar refractivity (Wildman–Crippen MR) is 135 cm³/mol. The van der Waals surface area contributed by atoms with E-state index < -0.39 is 15.3 Å². The number of hydrogen-bond donors (Lipinski definition) is 2. The van der Waals surface area contributed by atoms with E-state index in [1.54, 1.807) is 30.8 Å². The second kappa shape index (κ2) is 9.92. The van der Waals surface area contributed by atoms with Gasteiger partial charge in [-0.1, -0.05) is 24.3 Å². The lowest BCUT2D eigenvalue weighted by atomic mass is 10.1. The zero-order chi connectivity index (χ0) is 25.3. The minimum Gasteiger partial charge on any atom is -0.375 e. The number of hydrogen-bond acceptors (Lipinski definition) is 7. The molecule has 2 aromatic carbocycles. The molecule has 1 aliphatic rings. The van der Waals surface area contributed by atoms with Crippen LogP contribution < -0.4 is 10.0 Å². The van der Waals surface area contributed by atoms with Crippen LogP contribution in [0.3, 0.4) is 0 Å². The maximum atomic E-state index is 13.6. The van der Waals surface area contributed by atoms with Gasteiger partial charge in [0, 0.05) is 30.5 Å². The van der Waals surface area contributed by atoms with Crippen LogP contribution >= 0.6 is 0 Å². The molecule has 0 spiro atoms. The van der Waals surface area contributed by atoms with E-state index in [2.05, 4.69) is 15.1 Å². The van der Waals surface area contributed by atoms with Gasteiger partial charge in [0.05, 0.1) is 35.9 Å². The van der Waals surface area contributed by atoms with Gasteiger partial charge in [0.25, 0.3) is 5.95 Å². The number of nitrogens with one attached hydrogen (secondary N) is 2. The van der Waals surface area contributed by atoms with E-state index in [0.29, 0.717) is 37.9 Å². The van der Waals surface area contributed by atoms with Gasteiger partial charge >= 0.3 is 0 Å². The lowest BCUT2D eigenvalue weighted by Crippen LogP contribution is -2.30. The van der Waals surface area contributed by atoms with Crippen molar-refractivity contribution in [1.82, 2.24) is 24.5 Å². The van der Waals surface area contributed by atoms with Crippen LogP contribution in [0.2, 0.25) is 0 Å². The van der Waals surface area contributed by atoms with Gasteiger partial charge in [-0.15, -0.1) is 0 Å². The molecule has 0 amide bonds. The zero-order valence-corrected chi connectivity index (χ0v) is 20.8. The largest absolute Gasteiger partial charge is 0.375 e. The summed E-state index contributed by atoms with van der Waals surface area (Å²) in [4.78, 5) is 9.50. The number of halogens is 1. The Kier molecular flexibility index (Phi) is 6.69. The summed E-state index contributed by atoms with van der Waals surface area (Å²) in [5.41, 5.74) is 4.10. The number of rotatable bonds is 8. The van der Waals surface area contributed by atoms with Gasteiger partial charge in [0.1, 0.15) is 11.6 Å². The van der Waals surface area contributed by atoms with Gasteiger partial charge < -0.3 is 10.1 Å². The molecule has 0 aliphatic carbocycles. The Morgan fingerprint density at radius 2 is 1.97 bits per heavy atom. The summed E-state index contributed by atoms with van der Waals surface area (Å²) in [6.07, 6.45) is 2.36. The number of sulfonamides is 1. The first kappa shape index (κ1) is 24.3. The maximum Gasteiger partial charge on any atom is 0.253 e. The van der Waals surface area contributed by atoms with Crippen molar-refractivity contribution in [3.05, 3.63) is 76.9 Å². The molecular formula is C25H27FN6O3S. The monoisotopic (exact) mass is 510 g/mol. The van der Waals surface area contributed by atoms with E-state index in [-0.39, 0.29) is 12.4 Å². The Labute approximate surface area is 208 Å². The molecule has 0 unspecified atom stereocenters. The molecule has 3 heterocycles. The number of nitrogens with zero attached hydrogens (tertiary/aromatic N) is 4. The minimum absolute atomic E-state index is 0.156. The molecule has 2 aromatic heterocycles. The molecule has 9 nitrogen and oxygen atoms in total. The Balaban J connectivity index is 1.49. The summed E-state index contributed by atoms with van der Waals surface area (Å²) in [5.74, 6) is 0.741. The van der Waals surface area contributed by atoms with Crippen LogP contribution in [0, 0.1) is 5.82 Å². The molecule has 2 N–H and O–H groups in total. The van der Waals surface area contributed by atoms with E-state index in [4.69, 9.17) is 14.7 Å². The molecule has 1 aliphatic heterocycles. The van der Waals surface area contributed by atoms with E-state index in [9.17, 15) is 12.8 Å². The van der Waals surface area contributed by atoms with Crippen molar-refractivity contribution in [2.45, 2.75) is 45.2 Å². The molecule has 0 saturated carbocycles. The topological polar surface area (TPSA) is 111 Å². The minimum atomic E-state index is -3.41. The molecule has 11 heteroatoms. The summed E-state index contributed by atoms with van der Waals surface area (Å²) < 4.78 is 48.0. The van der Waals surface area contributed by atoms with Crippen LogP contribution in [0.4, 0.5) is 10.2 Å². The standard InChI is InChI=1S/C25H27FN6O3S/c1-16(2)36(33,34)29-13-18-6-4-8-23-21(18)14-28-32(23)25-30-22-15-35-10-9-20(22)24(31-25)27-12-17-5-3-7-19(26)11-17/h3-8,11,14,16,29H,9-10,12-13,15H2,1-2H3,(H,27,30,31).